The van der Waals surface area contributed by atoms with Gasteiger partial charge in [-0.25, -0.2) is 18.9 Å². The summed E-state index contributed by atoms with van der Waals surface area (Å²) in [5.41, 5.74) is 6.86. The van der Waals surface area contributed by atoms with E-state index in [9.17, 15) is 14.4 Å². The normalized spacial score (nSPS) is 13.8. The Morgan fingerprint density at radius 1 is 1.04 bits per heavy atom. The number of carbonyl (C=O) groups is 2. The number of amides is 2. The van der Waals surface area contributed by atoms with Crippen LogP contribution in [0.3, 0.4) is 0 Å². The Labute approximate surface area is 317 Å². The number of nitrogens with one attached hydrogen (secondary N) is 1. The first-order valence-corrected chi connectivity index (χ1v) is 19.0. The van der Waals surface area contributed by atoms with Crippen LogP contribution in [0.1, 0.15) is 64.7 Å². The third-order valence-corrected chi connectivity index (χ3v) is 11.0. The van der Waals surface area contributed by atoms with E-state index in [1.54, 1.807) is 25.4 Å². The molecular formula is C38H36N12O4S. The number of piperidine rings is 1. The van der Waals surface area contributed by atoms with Crippen LogP contribution in [0, 0.1) is 13.8 Å². The molecule has 278 valence electrons. The van der Waals surface area contributed by atoms with E-state index in [0.29, 0.717) is 59.9 Å². The largest absolute Gasteiger partial charge is 0.359 e. The lowest BCUT2D eigenvalue weighted by Crippen LogP contribution is -2.42. The van der Waals surface area contributed by atoms with Gasteiger partial charge < -0.3 is 14.7 Å². The minimum atomic E-state index is -0.292. The van der Waals surface area contributed by atoms with Gasteiger partial charge in [-0.1, -0.05) is 29.4 Å². The van der Waals surface area contributed by atoms with Crippen molar-refractivity contribution in [2.24, 2.45) is 0 Å². The molecule has 1 saturated heterocycles. The second-order valence-corrected chi connectivity index (χ2v) is 14.8. The van der Waals surface area contributed by atoms with Gasteiger partial charge in [-0.2, -0.15) is 10.2 Å². The highest BCUT2D eigenvalue weighted by atomic mass is 32.1. The summed E-state index contributed by atoms with van der Waals surface area (Å²) < 4.78 is 13.3. The van der Waals surface area contributed by atoms with Crippen molar-refractivity contribution in [1.29, 1.82) is 0 Å². The Balaban J connectivity index is 0.794. The van der Waals surface area contributed by atoms with Gasteiger partial charge in [-0.3, -0.25) is 18.8 Å². The van der Waals surface area contributed by atoms with E-state index in [2.05, 4.69) is 36.0 Å². The van der Waals surface area contributed by atoms with Crippen molar-refractivity contribution in [2.75, 3.05) is 18.4 Å². The fourth-order valence-electron chi connectivity index (χ4n) is 7.33. The summed E-state index contributed by atoms with van der Waals surface area (Å²) in [5, 5.41) is 26.8. The van der Waals surface area contributed by atoms with E-state index in [1.807, 2.05) is 85.3 Å². The predicted octanol–water partition coefficient (Wildman–Crippen LogP) is 4.89. The van der Waals surface area contributed by atoms with Gasteiger partial charge in [-0.15, -0.1) is 16.4 Å². The van der Waals surface area contributed by atoms with Crippen molar-refractivity contribution in [3.05, 3.63) is 111 Å². The van der Waals surface area contributed by atoms with Gasteiger partial charge in [0.1, 0.15) is 35.7 Å². The molecule has 8 aromatic rings. The average molecular weight is 757 g/mol. The molecule has 2 amide bonds. The summed E-state index contributed by atoms with van der Waals surface area (Å²) in [6.07, 6.45) is 5.45. The molecule has 55 heavy (non-hydrogen) atoms. The first-order valence-electron chi connectivity index (χ1n) is 18.1. The van der Waals surface area contributed by atoms with Crippen molar-refractivity contribution >= 4 is 50.2 Å². The zero-order chi connectivity index (χ0) is 37.8. The molecule has 7 aromatic heterocycles. The Bertz CT molecular complexity index is 2800. The Morgan fingerprint density at radius 2 is 1.85 bits per heavy atom. The number of carbonyl (C=O) groups excluding carboxylic acids is 2. The molecule has 9 rings (SSSR count). The van der Waals surface area contributed by atoms with E-state index in [0.717, 1.165) is 51.5 Å². The SMILES string of the molecule is CCc1nn(CC(=O)N2CCC(c3cc(Cn4cc(-c5ccc(NC(=O)c6cnn7c(C)cc(C)nc67)cc5)nn4)on3)CC2)c(=O)c2cc3sccc3n12. The summed E-state index contributed by atoms with van der Waals surface area (Å²) >= 11 is 1.58. The van der Waals surface area contributed by atoms with Crippen molar-refractivity contribution in [2.45, 2.75) is 59.0 Å². The topological polar surface area (TPSA) is 176 Å². The second-order valence-electron chi connectivity index (χ2n) is 13.8. The molecule has 17 heteroatoms. The zero-order valence-electron chi connectivity index (χ0n) is 30.3. The van der Waals surface area contributed by atoms with Crippen LogP contribution in [0.4, 0.5) is 5.69 Å². The Kier molecular flexibility index (Phi) is 8.56. The number of likely N-dealkylation sites (tertiary alicyclic amines) is 1. The van der Waals surface area contributed by atoms with Crippen LogP contribution in [0.25, 0.3) is 32.6 Å². The molecular weight excluding hydrogens is 721 g/mol. The molecule has 16 nitrogen and oxygen atoms in total. The molecule has 1 aliphatic rings. The van der Waals surface area contributed by atoms with Crippen LogP contribution in [0.5, 0.6) is 0 Å². The number of rotatable bonds is 9. The van der Waals surface area contributed by atoms with E-state index in [-0.39, 0.29) is 29.8 Å². The van der Waals surface area contributed by atoms with Crippen LogP contribution in [-0.2, 0) is 24.3 Å². The third kappa shape index (κ3) is 6.35. The van der Waals surface area contributed by atoms with Crippen LogP contribution in [0.2, 0.25) is 0 Å². The molecule has 1 N–H and O–H groups in total. The van der Waals surface area contributed by atoms with Crippen LogP contribution in [-0.4, -0.2) is 78.7 Å². The maximum Gasteiger partial charge on any atom is 0.291 e. The fourth-order valence-corrected chi connectivity index (χ4v) is 8.13. The van der Waals surface area contributed by atoms with Crippen molar-refractivity contribution in [3.63, 3.8) is 0 Å². The first kappa shape index (κ1) is 34.3. The Hall–Kier alpha value is -6.49. The van der Waals surface area contributed by atoms with Gasteiger partial charge in [0, 0.05) is 54.1 Å². The number of hydrogen-bond donors (Lipinski definition) is 1. The molecule has 0 atom stereocenters. The fraction of sp³-hybridized carbons (Fsp3) is 0.289. The summed E-state index contributed by atoms with van der Waals surface area (Å²) in [6, 6.07) is 15.1. The van der Waals surface area contributed by atoms with E-state index in [4.69, 9.17) is 4.52 Å². The maximum absolute atomic E-state index is 13.3. The van der Waals surface area contributed by atoms with E-state index < -0.39 is 0 Å². The van der Waals surface area contributed by atoms with Crippen LogP contribution in [0.15, 0.2) is 75.6 Å². The maximum atomic E-state index is 13.3. The highest BCUT2D eigenvalue weighted by Crippen LogP contribution is 2.29. The molecule has 1 aromatic carbocycles. The number of benzene rings is 1. The number of aryl methyl sites for hydroxylation is 3. The number of thiophene rings is 1. The highest BCUT2D eigenvalue weighted by Gasteiger charge is 2.27. The Morgan fingerprint density at radius 3 is 2.65 bits per heavy atom. The zero-order valence-corrected chi connectivity index (χ0v) is 31.2. The van der Waals surface area contributed by atoms with Gasteiger partial charge >= 0.3 is 0 Å². The highest BCUT2D eigenvalue weighted by molar-refractivity contribution is 7.17. The number of anilines is 1. The molecule has 0 spiro atoms. The van der Waals surface area contributed by atoms with Crippen molar-refractivity contribution in [3.8, 4) is 11.3 Å². The number of aromatic nitrogens is 10. The van der Waals surface area contributed by atoms with Gasteiger partial charge in [0.05, 0.1) is 28.3 Å². The lowest BCUT2D eigenvalue weighted by atomic mass is 9.93. The van der Waals surface area contributed by atoms with Gasteiger partial charge in [0.2, 0.25) is 5.91 Å². The van der Waals surface area contributed by atoms with Gasteiger partial charge in [0.25, 0.3) is 11.5 Å². The molecule has 0 aliphatic carbocycles. The first-order chi connectivity index (χ1) is 26.7. The average Bonchev–Trinajstić information content (AvgIpc) is 4.03. The lowest BCUT2D eigenvalue weighted by molar-refractivity contribution is -0.133. The van der Waals surface area contributed by atoms with Crippen molar-refractivity contribution in [1.82, 2.24) is 53.8 Å². The molecule has 0 radical (unpaired) electrons. The lowest BCUT2D eigenvalue weighted by Gasteiger charge is -2.31. The monoisotopic (exact) mass is 756 g/mol. The molecule has 1 aliphatic heterocycles. The number of fused-ring (bicyclic) bond motifs is 4. The van der Waals surface area contributed by atoms with Gasteiger partial charge in [0.15, 0.2) is 11.4 Å². The molecule has 0 unspecified atom stereocenters. The number of nitrogens with zero attached hydrogens (tertiary/aromatic N) is 11. The summed E-state index contributed by atoms with van der Waals surface area (Å²) in [6.45, 7) is 7.16. The minimum absolute atomic E-state index is 0.0952. The predicted molar refractivity (Wildman–Crippen MR) is 204 cm³/mol. The van der Waals surface area contributed by atoms with Gasteiger partial charge in [-0.05, 0) is 62.4 Å². The standard InChI is InChI=1S/C38H36N12O4S/c1-4-34-43-48(38(53)32-17-33-31(49(32)34)11-14-55-33)21-35(51)46-12-9-25(10-13-46)29-16-27(54-44-29)19-47-20-30(42-45-47)24-5-7-26(8-6-24)41-37(52)28-18-39-50-23(3)15-22(2)40-36(28)50/h5-8,11,14-18,20,25H,4,9-10,12-13,19,21H2,1-3H3,(H,41,52). The molecule has 1 fully saturated rings. The van der Waals surface area contributed by atoms with Crippen LogP contribution < -0.4 is 10.9 Å². The van der Waals surface area contributed by atoms with E-state index in [1.165, 1.54) is 10.9 Å². The minimum Gasteiger partial charge on any atom is -0.359 e. The number of hydrogen-bond acceptors (Lipinski definition) is 11. The quantitative estimate of drug-likeness (QED) is 0.214. The smallest absolute Gasteiger partial charge is 0.291 e. The third-order valence-electron chi connectivity index (χ3n) is 10.1. The summed E-state index contributed by atoms with van der Waals surface area (Å²) in [5.74, 6) is 1.12. The van der Waals surface area contributed by atoms with Crippen LogP contribution >= 0.6 is 11.3 Å². The van der Waals surface area contributed by atoms with E-state index >= 15 is 0 Å². The molecule has 0 saturated carbocycles. The summed E-state index contributed by atoms with van der Waals surface area (Å²) in [7, 11) is 0. The summed E-state index contributed by atoms with van der Waals surface area (Å²) in [4.78, 5) is 46.0. The molecule has 0 bridgehead atoms. The van der Waals surface area contributed by atoms with Crippen molar-refractivity contribution < 1.29 is 14.1 Å². The second kappa shape index (κ2) is 13.7. The molecule has 8 heterocycles.